The number of nitrogens with zero attached hydrogens (tertiary/aromatic N) is 6. The van der Waals surface area contributed by atoms with Crippen LogP contribution in [-0.2, 0) is 33.8 Å². The zero-order chi connectivity index (χ0) is 33.7. The smallest absolute Gasteiger partial charge is 0.0615 e. The number of hydrogen-bond donors (Lipinski definition) is 0. The van der Waals surface area contributed by atoms with Crippen molar-refractivity contribution in [1.82, 2.24) is 28.4 Å². The van der Waals surface area contributed by atoms with Crippen LogP contribution in [0.1, 0.15) is 0 Å². The Hall–Kier alpha value is -3.96. The molecule has 9 nitrogen and oxygen atoms in total. The molecule has 0 aliphatic carbocycles. The van der Waals surface area contributed by atoms with E-state index < -0.39 is 0 Å². The highest BCUT2D eigenvalue weighted by Gasteiger charge is 2.28. The Balaban J connectivity index is 1.29. The highest BCUT2D eigenvalue weighted by Crippen LogP contribution is 2.48. The van der Waals surface area contributed by atoms with E-state index in [9.17, 15) is 0 Å². The van der Waals surface area contributed by atoms with E-state index >= 15 is 0 Å². The minimum atomic E-state index is 0.817. The molecule has 3 aliphatic rings. The Morgan fingerprint density at radius 2 is 0.627 bits per heavy atom. The van der Waals surface area contributed by atoms with Gasteiger partial charge in [0.2, 0.25) is 0 Å². The van der Waals surface area contributed by atoms with Crippen LogP contribution in [0.15, 0.2) is 72.8 Å². The summed E-state index contributed by atoms with van der Waals surface area (Å²) in [5.41, 5.74) is 8.11. The number of benzene rings is 4. The predicted molar refractivity (Wildman–Crippen MR) is 207 cm³/mol. The van der Waals surface area contributed by atoms with Crippen LogP contribution >= 0.6 is 0 Å². The number of aromatic nitrogens is 3. The maximum Gasteiger partial charge on any atom is 0.0615 e. The van der Waals surface area contributed by atoms with Crippen molar-refractivity contribution in [1.29, 1.82) is 0 Å². The van der Waals surface area contributed by atoms with Gasteiger partial charge in [-0.3, -0.25) is 14.7 Å². The zero-order valence-electron chi connectivity index (χ0n) is 29.6. The number of para-hydroxylation sites is 3. The summed E-state index contributed by atoms with van der Waals surface area (Å²) >= 11 is 0. The fraction of sp³-hybridized carbons (Fsp3) is 0.429. The normalized spacial score (nSPS) is 18.8. The van der Waals surface area contributed by atoms with Gasteiger partial charge in [0.25, 0.3) is 0 Å². The molecule has 4 aromatic carbocycles. The van der Waals surface area contributed by atoms with Crippen LogP contribution in [0.5, 0.6) is 0 Å². The van der Waals surface area contributed by atoms with Gasteiger partial charge in [-0.2, -0.15) is 0 Å². The standard InChI is InChI=1S/C42H48N6O3/c1-4-10-34-31(7-1)37-40(46(34)16-13-43-19-25-49-26-20-43)38-33-9-3-6-12-36(33)48(18-15-45-23-29-51-30-24-45)42(38)39-32-8-2-5-11-35(32)47(41(37)39)17-14-44-21-27-50-28-22-44/h1-12H,13-30H2. The zero-order valence-corrected chi connectivity index (χ0v) is 29.6. The summed E-state index contributed by atoms with van der Waals surface area (Å²) in [6.07, 6.45) is 0. The minimum Gasteiger partial charge on any atom is -0.379 e. The van der Waals surface area contributed by atoms with Crippen molar-refractivity contribution < 1.29 is 14.2 Å². The van der Waals surface area contributed by atoms with Gasteiger partial charge in [-0.05, 0) is 18.2 Å². The highest BCUT2D eigenvalue weighted by molar-refractivity contribution is 6.39. The lowest BCUT2D eigenvalue weighted by molar-refractivity contribution is 0.0366. The first-order valence-electron chi connectivity index (χ1n) is 19.1. The second-order valence-corrected chi connectivity index (χ2v) is 14.5. The molecule has 6 heterocycles. The molecule has 0 bridgehead atoms. The molecule has 0 atom stereocenters. The molecule has 0 saturated carbocycles. The number of hydrogen-bond acceptors (Lipinski definition) is 6. The van der Waals surface area contributed by atoms with E-state index in [-0.39, 0.29) is 0 Å². The van der Waals surface area contributed by atoms with E-state index in [2.05, 4.69) is 101 Å². The Labute approximate surface area is 298 Å². The molecule has 3 aliphatic heterocycles. The van der Waals surface area contributed by atoms with Crippen LogP contribution in [0.3, 0.4) is 0 Å². The topological polar surface area (TPSA) is 52.2 Å². The van der Waals surface area contributed by atoms with Gasteiger partial charge in [-0.25, -0.2) is 0 Å². The summed E-state index contributed by atoms with van der Waals surface area (Å²) in [5, 5.41) is 8.23. The summed E-state index contributed by atoms with van der Waals surface area (Å²) < 4.78 is 25.2. The SMILES string of the molecule is c1ccc2c(c1)c1c(c3c4ccccc4n(CCN4CCOCC4)c3c3c4ccccc4n(CCN4CCOCC4)c13)n2CCN1CCOCC1. The Bertz CT molecular complexity index is 2060. The molecular weight excluding hydrogens is 637 g/mol. The molecule has 0 spiro atoms. The van der Waals surface area contributed by atoms with Crippen molar-refractivity contribution in [2.45, 2.75) is 19.6 Å². The Kier molecular flexibility index (Phi) is 8.43. The van der Waals surface area contributed by atoms with Gasteiger partial charge in [-0.15, -0.1) is 0 Å². The molecule has 51 heavy (non-hydrogen) atoms. The number of morpholine rings is 3. The molecule has 3 aromatic heterocycles. The van der Waals surface area contributed by atoms with Crippen LogP contribution < -0.4 is 0 Å². The first kappa shape index (κ1) is 31.7. The summed E-state index contributed by atoms with van der Waals surface area (Å²) in [6, 6.07) is 27.5. The molecule has 0 N–H and O–H groups in total. The van der Waals surface area contributed by atoms with E-state index in [1.54, 1.807) is 0 Å². The minimum absolute atomic E-state index is 0.817. The van der Waals surface area contributed by atoms with Gasteiger partial charge in [0, 0.05) is 127 Å². The van der Waals surface area contributed by atoms with Crippen LogP contribution in [0.25, 0.3) is 65.4 Å². The highest BCUT2D eigenvalue weighted by atomic mass is 16.5. The fourth-order valence-electron chi connectivity index (χ4n) is 9.30. The van der Waals surface area contributed by atoms with Crippen molar-refractivity contribution in [2.24, 2.45) is 0 Å². The van der Waals surface area contributed by atoms with E-state index in [0.29, 0.717) is 0 Å². The average Bonchev–Trinajstić information content (AvgIpc) is 3.82. The predicted octanol–water partition coefficient (Wildman–Crippen LogP) is 6.01. The van der Waals surface area contributed by atoms with Crippen molar-refractivity contribution in [2.75, 3.05) is 98.5 Å². The van der Waals surface area contributed by atoms with E-state index in [1.165, 1.54) is 65.4 Å². The molecular formula is C42H48N6O3. The largest absolute Gasteiger partial charge is 0.379 e. The third kappa shape index (κ3) is 5.45. The van der Waals surface area contributed by atoms with Crippen molar-refractivity contribution >= 4 is 65.4 Å². The Morgan fingerprint density at radius 3 is 0.922 bits per heavy atom. The Morgan fingerprint density at radius 1 is 0.353 bits per heavy atom. The summed E-state index contributed by atoms with van der Waals surface area (Å²) in [5.74, 6) is 0. The average molecular weight is 685 g/mol. The van der Waals surface area contributed by atoms with E-state index in [0.717, 1.165) is 118 Å². The van der Waals surface area contributed by atoms with Crippen LogP contribution in [0, 0.1) is 0 Å². The van der Waals surface area contributed by atoms with Crippen molar-refractivity contribution in [3.63, 3.8) is 0 Å². The maximum absolute atomic E-state index is 5.73. The maximum atomic E-state index is 5.73. The second kappa shape index (κ2) is 13.5. The van der Waals surface area contributed by atoms with Gasteiger partial charge in [-0.1, -0.05) is 54.6 Å². The van der Waals surface area contributed by atoms with Crippen LogP contribution in [0.2, 0.25) is 0 Å². The first-order chi connectivity index (χ1) is 25.3. The molecule has 9 heteroatoms. The van der Waals surface area contributed by atoms with Crippen molar-refractivity contribution in [3.05, 3.63) is 72.8 Å². The van der Waals surface area contributed by atoms with E-state index in [4.69, 9.17) is 14.2 Å². The molecule has 0 unspecified atom stereocenters. The molecule has 0 radical (unpaired) electrons. The van der Waals surface area contributed by atoms with Gasteiger partial charge in [0.05, 0.1) is 56.2 Å². The summed E-state index contributed by atoms with van der Waals surface area (Å²) in [6.45, 7) is 16.7. The van der Waals surface area contributed by atoms with Crippen LogP contribution in [0.4, 0.5) is 0 Å². The molecule has 3 fully saturated rings. The fourth-order valence-corrected chi connectivity index (χ4v) is 9.30. The molecule has 264 valence electrons. The summed E-state index contributed by atoms with van der Waals surface area (Å²) in [7, 11) is 0. The van der Waals surface area contributed by atoms with Gasteiger partial charge >= 0.3 is 0 Å². The lowest BCUT2D eigenvalue weighted by Crippen LogP contribution is -2.38. The third-order valence-corrected chi connectivity index (χ3v) is 11.9. The molecule has 3 saturated heterocycles. The lowest BCUT2D eigenvalue weighted by Gasteiger charge is -2.27. The summed E-state index contributed by atoms with van der Waals surface area (Å²) in [4.78, 5) is 7.72. The van der Waals surface area contributed by atoms with Crippen LogP contribution in [-0.4, -0.2) is 127 Å². The number of fused-ring (bicyclic) bond motifs is 12. The molecule has 10 rings (SSSR count). The van der Waals surface area contributed by atoms with Gasteiger partial charge in [0.1, 0.15) is 0 Å². The monoisotopic (exact) mass is 684 g/mol. The second-order valence-electron chi connectivity index (χ2n) is 14.5. The number of rotatable bonds is 9. The van der Waals surface area contributed by atoms with Gasteiger partial charge in [0.15, 0.2) is 0 Å². The van der Waals surface area contributed by atoms with Crippen molar-refractivity contribution in [3.8, 4) is 0 Å². The lowest BCUT2D eigenvalue weighted by atomic mass is 10.0. The quantitative estimate of drug-likeness (QED) is 0.186. The molecule has 7 aromatic rings. The van der Waals surface area contributed by atoms with Gasteiger partial charge < -0.3 is 27.9 Å². The third-order valence-electron chi connectivity index (χ3n) is 11.9. The first-order valence-corrected chi connectivity index (χ1v) is 19.1. The van der Waals surface area contributed by atoms with E-state index in [1.807, 2.05) is 0 Å². The molecule has 0 amide bonds. The number of ether oxygens (including phenoxy) is 3.